The Morgan fingerprint density at radius 3 is 2.81 bits per heavy atom. The minimum absolute atomic E-state index is 0.492. The topological polar surface area (TPSA) is 110 Å². The van der Waals surface area contributed by atoms with Crippen LogP contribution in [0.4, 0.5) is 0 Å². The van der Waals surface area contributed by atoms with Gasteiger partial charge in [-0.3, -0.25) is 9.78 Å². The molecule has 126 valence electrons. The van der Waals surface area contributed by atoms with E-state index in [1.54, 1.807) is 30.7 Å². The number of fused-ring (bicyclic) bond motifs is 1. The summed E-state index contributed by atoms with van der Waals surface area (Å²) in [5, 5.41) is 0.945. The standard InChI is InChI=1S/C19H14N6O/c20-18(26)2-1-12-3-6-22-17(7-12)13-8-14-15(10-24-19(14)23-9-13)16-4-5-21-11-25-16/h1-11H,(H2,20,26)(H,23,24). The van der Waals surface area contributed by atoms with Crippen molar-refractivity contribution in [2.75, 3.05) is 0 Å². The lowest BCUT2D eigenvalue weighted by molar-refractivity contribution is -0.113. The van der Waals surface area contributed by atoms with E-state index >= 15 is 0 Å². The van der Waals surface area contributed by atoms with E-state index in [4.69, 9.17) is 5.73 Å². The van der Waals surface area contributed by atoms with Crippen LogP contribution < -0.4 is 5.73 Å². The van der Waals surface area contributed by atoms with Crippen LogP contribution in [0, 0.1) is 0 Å². The maximum Gasteiger partial charge on any atom is 0.241 e. The Kier molecular flexibility index (Phi) is 3.95. The molecule has 7 nitrogen and oxygen atoms in total. The van der Waals surface area contributed by atoms with Gasteiger partial charge in [0.05, 0.1) is 11.4 Å². The Morgan fingerprint density at radius 2 is 2.00 bits per heavy atom. The van der Waals surface area contributed by atoms with Crippen LogP contribution in [-0.2, 0) is 4.79 Å². The van der Waals surface area contributed by atoms with Crippen molar-refractivity contribution in [2.24, 2.45) is 5.73 Å². The summed E-state index contributed by atoms with van der Waals surface area (Å²) in [7, 11) is 0. The summed E-state index contributed by atoms with van der Waals surface area (Å²) >= 11 is 0. The van der Waals surface area contributed by atoms with Crippen LogP contribution >= 0.6 is 0 Å². The number of aromatic amines is 1. The minimum Gasteiger partial charge on any atom is -0.366 e. The summed E-state index contributed by atoms with van der Waals surface area (Å²) < 4.78 is 0. The van der Waals surface area contributed by atoms with E-state index in [0.29, 0.717) is 0 Å². The van der Waals surface area contributed by atoms with E-state index in [1.165, 1.54) is 12.4 Å². The fourth-order valence-corrected chi connectivity index (χ4v) is 2.69. The number of aromatic nitrogens is 5. The number of rotatable bonds is 4. The Morgan fingerprint density at radius 1 is 1.08 bits per heavy atom. The van der Waals surface area contributed by atoms with Gasteiger partial charge in [0.1, 0.15) is 12.0 Å². The van der Waals surface area contributed by atoms with E-state index in [9.17, 15) is 4.79 Å². The molecule has 4 rings (SSSR count). The zero-order valence-corrected chi connectivity index (χ0v) is 13.6. The predicted octanol–water partition coefficient (Wildman–Crippen LogP) is 2.58. The molecule has 3 N–H and O–H groups in total. The quantitative estimate of drug-likeness (QED) is 0.554. The minimum atomic E-state index is -0.492. The van der Waals surface area contributed by atoms with Crippen molar-refractivity contribution in [1.29, 1.82) is 0 Å². The highest BCUT2D eigenvalue weighted by atomic mass is 16.1. The van der Waals surface area contributed by atoms with Crippen LogP contribution in [0.1, 0.15) is 5.56 Å². The maximum atomic E-state index is 10.9. The molecule has 0 aliphatic rings. The van der Waals surface area contributed by atoms with Crippen molar-refractivity contribution >= 4 is 23.0 Å². The van der Waals surface area contributed by atoms with Gasteiger partial charge in [-0.15, -0.1) is 0 Å². The summed E-state index contributed by atoms with van der Waals surface area (Å²) in [5.41, 5.74) is 10.1. The molecule has 0 spiro atoms. The molecule has 4 heterocycles. The molecule has 4 aromatic heterocycles. The number of hydrogen-bond acceptors (Lipinski definition) is 5. The van der Waals surface area contributed by atoms with Gasteiger partial charge < -0.3 is 10.7 Å². The van der Waals surface area contributed by atoms with Gasteiger partial charge in [-0.2, -0.15) is 0 Å². The molecule has 0 atom stereocenters. The molecule has 1 amide bonds. The number of carbonyl (C=O) groups excluding carboxylic acids is 1. The third kappa shape index (κ3) is 3.05. The largest absolute Gasteiger partial charge is 0.366 e. The van der Waals surface area contributed by atoms with Crippen LogP contribution in [0.5, 0.6) is 0 Å². The molecule has 0 aromatic carbocycles. The fraction of sp³-hybridized carbons (Fsp3) is 0. The first-order valence-electron chi connectivity index (χ1n) is 7.88. The van der Waals surface area contributed by atoms with Gasteiger partial charge in [0.2, 0.25) is 5.91 Å². The predicted molar refractivity (Wildman–Crippen MR) is 98.6 cm³/mol. The molecular weight excluding hydrogens is 328 g/mol. The number of H-pyrrole nitrogens is 1. The van der Waals surface area contributed by atoms with Gasteiger partial charge in [0.25, 0.3) is 0 Å². The smallest absolute Gasteiger partial charge is 0.241 e. The van der Waals surface area contributed by atoms with Crippen molar-refractivity contribution in [3.05, 3.63) is 67.0 Å². The van der Waals surface area contributed by atoms with Crippen LogP contribution in [0.3, 0.4) is 0 Å². The molecule has 0 unspecified atom stereocenters. The molecule has 0 fully saturated rings. The summed E-state index contributed by atoms with van der Waals surface area (Å²) in [4.78, 5) is 31.2. The van der Waals surface area contributed by atoms with Crippen molar-refractivity contribution in [3.8, 4) is 22.5 Å². The molecule has 0 aliphatic heterocycles. The summed E-state index contributed by atoms with van der Waals surface area (Å²) in [6.45, 7) is 0. The second-order valence-electron chi connectivity index (χ2n) is 5.63. The van der Waals surface area contributed by atoms with Gasteiger partial charge in [-0.25, -0.2) is 15.0 Å². The first-order chi connectivity index (χ1) is 12.7. The van der Waals surface area contributed by atoms with Gasteiger partial charge >= 0.3 is 0 Å². The zero-order valence-electron chi connectivity index (χ0n) is 13.6. The lowest BCUT2D eigenvalue weighted by atomic mass is 10.1. The first-order valence-corrected chi connectivity index (χ1v) is 7.88. The number of nitrogens with one attached hydrogen (secondary N) is 1. The molecule has 4 aromatic rings. The number of primary amides is 1. The Bertz CT molecular complexity index is 1120. The summed E-state index contributed by atoms with van der Waals surface area (Å²) in [5.74, 6) is -0.492. The molecule has 0 saturated heterocycles. The molecule has 0 aliphatic carbocycles. The van der Waals surface area contributed by atoms with Gasteiger partial charge in [0, 0.05) is 47.4 Å². The lowest BCUT2D eigenvalue weighted by Gasteiger charge is -2.03. The third-order valence-electron chi connectivity index (χ3n) is 3.91. The van der Waals surface area contributed by atoms with Gasteiger partial charge in [0.15, 0.2) is 0 Å². The van der Waals surface area contributed by atoms with Crippen molar-refractivity contribution in [1.82, 2.24) is 24.9 Å². The Balaban J connectivity index is 1.78. The van der Waals surface area contributed by atoms with Crippen molar-refractivity contribution < 1.29 is 4.79 Å². The fourth-order valence-electron chi connectivity index (χ4n) is 2.69. The van der Waals surface area contributed by atoms with E-state index in [0.717, 1.165) is 39.1 Å². The van der Waals surface area contributed by atoms with Crippen LogP contribution in [0.2, 0.25) is 0 Å². The first kappa shape index (κ1) is 15.6. The van der Waals surface area contributed by atoms with E-state index in [2.05, 4.69) is 24.9 Å². The highest BCUT2D eigenvalue weighted by molar-refractivity contribution is 5.94. The maximum absolute atomic E-state index is 10.9. The van der Waals surface area contributed by atoms with Crippen molar-refractivity contribution in [2.45, 2.75) is 0 Å². The number of nitrogens with zero attached hydrogens (tertiary/aromatic N) is 4. The lowest BCUT2D eigenvalue weighted by Crippen LogP contribution is -2.05. The van der Waals surface area contributed by atoms with Crippen LogP contribution in [-0.4, -0.2) is 30.8 Å². The number of hydrogen-bond donors (Lipinski definition) is 2. The molecular formula is C19H14N6O. The van der Waals surface area contributed by atoms with Crippen LogP contribution in [0.15, 0.2) is 61.5 Å². The Hall–Kier alpha value is -3.87. The molecule has 0 saturated carbocycles. The molecule has 0 bridgehead atoms. The van der Waals surface area contributed by atoms with E-state index in [-0.39, 0.29) is 0 Å². The normalized spacial score (nSPS) is 11.2. The zero-order chi connectivity index (χ0) is 17.9. The third-order valence-corrected chi connectivity index (χ3v) is 3.91. The monoisotopic (exact) mass is 342 g/mol. The second-order valence-corrected chi connectivity index (χ2v) is 5.63. The van der Waals surface area contributed by atoms with E-state index in [1.807, 2.05) is 24.4 Å². The highest BCUT2D eigenvalue weighted by Gasteiger charge is 2.10. The average molecular weight is 342 g/mol. The molecule has 0 radical (unpaired) electrons. The van der Waals surface area contributed by atoms with E-state index < -0.39 is 5.91 Å². The van der Waals surface area contributed by atoms with Crippen LogP contribution in [0.25, 0.3) is 39.6 Å². The van der Waals surface area contributed by atoms with Gasteiger partial charge in [-0.05, 0) is 35.9 Å². The number of carbonyl (C=O) groups is 1. The SMILES string of the molecule is NC(=O)C=Cc1ccnc(-c2cnc3[nH]cc(-c4ccncn4)c3c2)c1. The second kappa shape index (κ2) is 6.56. The Labute approximate surface area is 148 Å². The average Bonchev–Trinajstić information content (AvgIpc) is 3.10. The summed E-state index contributed by atoms with van der Waals surface area (Å²) in [6, 6.07) is 7.54. The number of amides is 1. The number of nitrogens with two attached hydrogens (primary N) is 1. The van der Waals surface area contributed by atoms with Gasteiger partial charge in [-0.1, -0.05) is 0 Å². The number of pyridine rings is 2. The summed E-state index contributed by atoms with van der Waals surface area (Å²) in [6.07, 6.45) is 11.5. The molecule has 7 heteroatoms. The molecule has 26 heavy (non-hydrogen) atoms. The van der Waals surface area contributed by atoms with Crippen molar-refractivity contribution in [3.63, 3.8) is 0 Å². The highest BCUT2D eigenvalue weighted by Crippen LogP contribution is 2.29.